The van der Waals surface area contributed by atoms with Gasteiger partial charge in [0.2, 0.25) is 0 Å². The molecule has 2 heteroatoms. The predicted octanol–water partition coefficient (Wildman–Crippen LogP) is 2.52. The number of alkyl halides is 1. The highest BCUT2D eigenvalue weighted by Gasteiger charge is 2.12. The summed E-state index contributed by atoms with van der Waals surface area (Å²) in [6, 6.07) is 0. The van der Waals surface area contributed by atoms with Gasteiger partial charge < -0.3 is 4.74 Å². The van der Waals surface area contributed by atoms with Crippen LogP contribution in [0.15, 0.2) is 23.3 Å². The van der Waals surface area contributed by atoms with Crippen LogP contribution in [0.5, 0.6) is 0 Å². The van der Waals surface area contributed by atoms with Crippen molar-refractivity contribution < 1.29 is 4.74 Å². The SMILES string of the molecule is COCC1=CC=C(C)C(Cl)C1. The molecule has 0 saturated heterocycles. The maximum Gasteiger partial charge on any atom is 0.0676 e. The summed E-state index contributed by atoms with van der Waals surface area (Å²) in [6.45, 7) is 2.75. The lowest BCUT2D eigenvalue weighted by Crippen LogP contribution is -2.09. The molecule has 0 aliphatic heterocycles. The highest BCUT2D eigenvalue weighted by atomic mass is 35.5. The average molecular weight is 173 g/mol. The van der Waals surface area contributed by atoms with Gasteiger partial charge in [0.15, 0.2) is 0 Å². The molecule has 0 amide bonds. The second-order valence-electron chi connectivity index (χ2n) is 2.84. The summed E-state index contributed by atoms with van der Waals surface area (Å²) in [5.74, 6) is 0. The van der Waals surface area contributed by atoms with Gasteiger partial charge in [0.05, 0.1) is 12.0 Å². The number of hydrogen-bond donors (Lipinski definition) is 0. The quantitative estimate of drug-likeness (QED) is 0.582. The first-order valence-electron chi connectivity index (χ1n) is 3.73. The summed E-state index contributed by atoms with van der Waals surface area (Å²) in [4.78, 5) is 0. The van der Waals surface area contributed by atoms with E-state index < -0.39 is 0 Å². The largest absolute Gasteiger partial charge is 0.380 e. The molecule has 1 unspecified atom stereocenters. The molecule has 11 heavy (non-hydrogen) atoms. The molecule has 1 aliphatic rings. The molecule has 1 aliphatic carbocycles. The Kier molecular flexibility index (Phi) is 3.16. The number of rotatable bonds is 2. The minimum Gasteiger partial charge on any atom is -0.380 e. The Labute approximate surface area is 72.7 Å². The summed E-state index contributed by atoms with van der Waals surface area (Å²) in [6.07, 6.45) is 5.09. The van der Waals surface area contributed by atoms with E-state index in [1.807, 2.05) is 0 Å². The van der Waals surface area contributed by atoms with Gasteiger partial charge in [-0.15, -0.1) is 11.6 Å². The van der Waals surface area contributed by atoms with Gasteiger partial charge in [0.1, 0.15) is 0 Å². The van der Waals surface area contributed by atoms with Crippen LogP contribution < -0.4 is 0 Å². The fourth-order valence-electron chi connectivity index (χ4n) is 1.11. The van der Waals surface area contributed by atoms with Gasteiger partial charge >= 0.3 is 0 Å². The summed E-state index contributed by atoms with van der Waals surface area (Å²) in [7, 11) is 1.70. The molecule has 0 fully saturated rings. The van der Waals surface area contributed by atoms with Crippen molar-refractivity contribution in [2.24, 2.45) is 0 Å². The standard InChI is InChI=1S/C9H13ClO/c1-7-3-4-8(6-11-2)5-9(7)10/h3-4,9H,5-6H2,1-2H3. The Morgan fingerprint density at radius 1 is 1.64 bits per heavy atom. The normalized spacial score (nSPS) is 24.5. The lowest BCUT2D eigenvalue weighted by Gasteiger charge is -2.16. The van der Waals surface area contributed by atoms with Crippen molar-refractivity contribution in [3.8, 4) is 0 Å². The van der Waals surface area contributed by atoms with E-state index in [-0.39, 0.29) is 5.38 Å². The van der Waals surface area contributed by atoms with E-state index in [4.69, 9.17) is 16.3 Å². The van der Waals surface area contributed by atoms with Crippen molar-refractivity contribution in [1.82, 2.24) is 0 Å². The molecular formula is C9H13ClO. The summed E-state index contributed by atoms with van der Waals surface area (Å²) < 4.78 is 5.01. The second-order valence-corrected chi connectivity index (χ2v) is 3.37. The van der Waals surface area contributed by atoms with Crippen LogP contribution in [0.3, 0.4) is 0 Å². The van der Waals surface area contributed by atoms with Crippen LogP contribution in [0.4, 0.5) is 0 Å². The van der Waals surface area contributed by atoms with Crippen LogP contribution in [-0.4, -0.2) is 19.1 Å². The Balaban J connectivity index is 2.58. The first kappa shape index (κ1) is 8.82. The molecule has 1 atom stereocenters. The Hall–Kier alpha value is -0.270. The van der Waals surface area contributed by atoms with Gasteiger partial charge in [-0.3, -0.25) is 0 Å². The number of methoxy groups -OCH3 is 1. The third-order valence-corrected chi connectivity index (χ3v) is 2.35. The maximum atomic E-state index is 6.03. The fourth-order valence-corrected chi connectivity index (χ4v) is 1.38. The molecule has 0 aromatic rings. The van der Waals surface area contributed by atoms with Crippen molar-refractivity contribution in [1.29, 1.82) is 0 Å². The molecule has 62 valence electrons. The van der Waals surface area contributed by atoms with Gasteiger partial charge in [-0.25, -0.2) is 0 Å². The zero-order valence-corrected chi connectivity index (χ0v) is 7.69. The number of ether oxygens (including phenoxy) is 1. The average Bonchev–Trinajstić information content (AvgIpc) is 1.98. The highest BCUT2D eigenvalue weighted by Crippen LogP contribution is 2.23. The fraction of sp³-hybridized carbons (Fsp3) is 0.556. The smallest absolute Gasteiger partial charge is 0.0676 e. The zero-order chi connectivity index (χ0) is 8.27. The molecule has 0 N–H and O–H groups in total. The Morgan fingerprint density at radius 3 is 2.91 bits per heavy atom. The molecular weight excluding hydrogens is 160 g/mol. The van der Waals surface area contributed by atoms with E-state index in [2.05, 4.69) is 19.1 Å². The number of halogens is 1. The third-order valence-electron chi connectivity index (χ3n) is 1.85. The summed E-state index contributed by atoms with van der Waals surface area (Å²) >= 11 is 6.03. The van der Waals surface area contributed by atoms with Crippen molar-refractivity contribution in [3.05, 3.63) is 23.3 Å². The van der Waals surface area contributed by atoms with Crippen molar-refractivity contribution in [2.45, 2.75) is 18.7 Å². The van der Waals surface area contributed by atoms with E-state index >= 15 is 0 Å². The first-order chi connectivity index (χ1) is 5.24. The number of allylic oxidation sites excluding steroid dienone is 3. The predicted molar refractivity (Wildman–Crippen MR) is 48.0 cm³/mol. The van der Waals surface area contributed by atoms with Gasteiger partial charge in [0.25, 0.3) is 0 Å². The van der Waals surface area contributed by atoms with Crippen molar-refractivity contribution in [2.75, 3.05) is 13.7 Å². The second kappa shape index (κ2) is 3.93. The molecule has 0 spiro atoms. The van der Waals surface area contributed by atoms with Crippen LogP contribution in [0, 0.1) is 0 Å². The van der Waals surface area contributed by atoms with E-state index in [1.54, 1.807) is 7.11 Å². The van der Waals surface area contributed by atoms with Gasteiger partial charge in [-0.2, -0.15) is 0 Å². The molecule has 1 rings (SSSR count). The Bertz CT molecular complexity index is 194. The summed E-state index contributed by atoms with van der Waals surface area (Å²) in [5.41, 5.74) is 2.52. The van der Waals surface area contributed by atoms with E-state index in [1.165, 1.54) is 11.1 Å². The third kappa shape index (κ3) is 2.35. The molecule has 0 aromatic carbocycles. The summed E-state index contributed by atoms with van der Waals surface area (Å²) in [5, 5.41) is 0.171. The van der Waals surface area contributed by atoms with Gasteiger partial charge in [0, 0.05) is 7.11 Å². The maximum absolute atomic E-state index is 6.03. The van der Waals surface area contributed by atoms with Crippen molar-refractivity contribution >= 4 is 11.6 Å². The molecule has 1 nitrogen and oxygen atoms in total. The van der Waals surface area contributed by atoms with Gasteiger partial charge in [-0.05, 0) is 18.9 Å². The zero-order valence-electron chi connectivity index (χ0n) is 6.93. The molecule has 0 aromatic heterocycles. The van der Waals surface area contributed by atoms with Gasteiger partial charge in [-0.1, -0.05) is 17.7 Å². The molecule has 0 saturated carbocycles. The van der Waals surface area contributed by atoms with Crippen LogP contribution in [0.25, 0.3) is 0 Å². The highest BCUT2D eigenvalue weighted by molar-refractivity contribution is 6.22. The van der Waals surface area contributed by atoms with E-state index in [0.717, 1.165) is 6.42 Å². The lowest BCUT2D eigenvalue weighted by atomic mass is 10.00. The minimum atomic E-state index is 0.171. The lowest BCUT2D eigenvalue weighted by molar-refractivity contribution is 0.223. The van der Waals surface area contributed by atoms with E-state index in [9.17, 15) is 0 Å². The van der Waals surface area contributed by atoms with E-state index in [0.29, 0.717) is 6.61 Å². The van der Waals surface area contributed by atoms with Crippen LogP contribution >= 0.6 is 11.6 Å². The molecule has 0 bridgehead atoms. The van der Waals surface area contributed by atoms with Crippen molar-refractivity contribution in [3.63, 3.8) is 0 Å². The Morgan fingerprint density at radius 2 is 2.36 bits per heavy atom. The topological polar surface area (TPSA) is 9.23 Å². The van der Waals surface area contributed by atoms with Crippen LogP contribution in [0.2, 0.25) is 0 Å². The van der Waals surface area contributed by atoms with Crippen LogP contribution in [-0.2, 0) is 4.74 Å². The molecule has 0 heterocycles. The first-order valence-corrected chi connectivity index (χ1v) is 4.17. The number of hydrogen-bond acceptors (Lipinski definition) is 1. The molecule has 0 radical (unpaired) electrons. The minimum absolute atomic E-state index is 0.171. The van der Waals surface area contributed by atoms with Crippen LogP contribution in [0.1, 0.15) is 13.3 Å². The monoisotopic (exact) mass is 172 g/mol.